The van der Waals surface area contributed by atoms with Crippen LogP contribution in [0.25, 0.3) is 0 Å². The molecule has 0 aromatic carbocycles. The summed E-state index contributed by atoms with van der Waals surface area (Å²) in [6.07, 6.45) is 2.53. The van der Waals surface area contributed by atoms with E-state index in [4.69, 9.17) is 30.2 Å². The van der Waals surface area contributed by atoms with Crippen LogP contribution in [0.15, 0.2) is 0 Å². The average Bonchev–Trinajstić information content (AvgIpc) is 2.30. The zero-order chi connectivity index (χ0) is 13.3. The van der Waals surface area contributed by atoms with E-state index in [1.807, 2.05) is 6.92 Å². The van der Waals surface area contributed by atoms with Crippen LogP contribution in [0.1, 0.15) is 33.1 Å². The van der Waals surface area contributed by atoms with Crippen molar-refractivity contribution in [1.29, 1.82) is 0 Å². The van der Waals surface area contributed by atoms with Crippen LogP contribution in [-0.2, 0) is 4.79 Å². The number of hydrogen-bond acceptors (Lipinski definition) is 3. The first-order chi connectivity index (χ1) is 7.97. The number of carbonyl (C=O) groups excluding carboxylic acids is 1. The Morgan fingerprint density at radius 1 is 1.35 bits per heavy atom. The lowest BCUT2D eigenvalue weighted by Gasteiger charge is -2.13. The first-order valence-electron chi connectivity index (χ1n) is 5.81. The second kappa shape index (κ2) is 9.30. The molecule has 98 valence electrons. The van der Waals surface area contributed by atoms with Gasteiger partial charge in [-0.25, -0.2) is 0 Å². The summed E-state index contributed by atoms with van der Waals surface area (Å²) in [5, 5.41) is 5.87. The third kappa shape index (κ3) is 9.00. The second-order valence-corrected chi connectivity index (χ2v) is 4.87. The van der Waals surface area contributed by atoms with Gasteiger partial charge in [-0.3, -0.25) is 4.79 Å². The zero-order valence-corrected chi connectivity index (χ0v) is 12.0. The van der Waals surface area contributed by atoms with Crippen LogP contribution in [0.3, 0.4) is 0 Å². The molecule has 0 spiro atoms. The van der Waals surface area contributed by atoms with Gasteiger partial charge in [0, 0.05) is 19.5 Å². The monoisotopic (exact) mass is 275 g/mol. The molecule has 0 fully saturated rings. The minimum absolute atomic E-state index is 0.102. The molecule has 4 nitrogen and oxygen atoms in total. The van der Waals surface area contributed by atoms with E-state index in [1.165, 1.54) is 0 Å². The lowest BCUT2D eigenvalue weighted by molar-refractivity contribution is -0.120. The van der Waals surface area contributed by atoms with Crippen molar-refractivity contribution in [2.75, 3.05) is 13.1 Å². The molecule has 0 aliphatic carbocycles. The van der Waals surface area contributed by atoms with E-state index in [0.29, 0.717) is 17.3 Å². The lowest BCUT2D eigenvalue weighted by atomic mass is 10.1. The van der Waals surface area contributed by atoms with Crippen molar-refractivity contribution in [2.24, 2.45) is 11.7 Å². The van der Waals surface area contributed by atoms with Gasteiger partial charge >= 0.3 is 0 Å². The maximum atomic E-state index is 11.0. The summed E-state index contributed by atoms with van der Waals surface area (Å²) in [7, 11) is 0. The molecular formula is C11H21N3OS2. The normalized spacial score (nSPS) is 11.6. The van der Waals surface area contributed by atoms with E-state index in [0.717, 1.165) is 25.9 Å². The Morgan fingerprint density at radius 3 is 2.53 bits per heavy atom. The highest BCUT2D eigenvalue weighted by Gasteiger charge is 2.05. The highest BCUT2D eigenvalue weighted by atomic mass is 32.1. The van der Waals surface area contributed by atoms with Gasteiger partial charge < -0.3 is 16.4 Å². The van der Waals surface area contributed by atoms with Gasteiger partial charge in [0.15, 0.2) is 0 Å². The quantitative estimate of drug-likeness (QED) is 0.480. The fourth-order valence-electron chi connectivity index (χ4n) is 1.26. The van der Waals surface area contributed by atoms with E-state index < -0.39 is 0 Å². The Kier molecular flexibility index (Phi) is 8.89. The maximum absolute atomic E-state index is 11.0. The van der Waals surface area contributed by atoms with Crippen LogP contribution in [0, 0.1) is 5.92 Å². The Hall–Kier alpha value is -0.750. The summed E-state index contributed by atoms with van der Waals surface area (Å²) in [4.78, 5) is 11.7. The number of nitrogens with two attached hydrogens (primary N) is 1. The third-order valence-electron chi connectivity index (χ3n) is 2.35. The van der Waals surface area contributed by atoms with Crippen LogP contribution in [0.5, 0.6) is 0 Å². The molecular weight excluding hydrogens is 254 g/mol. The molecule has 1 unspecified atom stereocenters. The molecule has 0 aromatic rings. The van der Waals surface area contributed by atoms with Gasteiger partial charge in [0.05, 0.1) is 0 Å². The average molecular weight is 275 g/mol. The summed E-state index contributed by atoms with van der Waals surface area (Å²) < 4.78 is 0. The number of rotatable bonds is 7. The highest BCUT2D eigenvalue weighted by molar-refractivity contribution is 7.89. The Morgan fingerprint density at radius 2 is 2.00 bits per heavy atom. The van der Waals surface area contributed by atoms with Gasteiger partial charge in [0.2, 0.25) is 5.91 Å². The van der Waals surface area contributed by atoms with Gasteiger partial charge in [-0.15, -0.1) is 0 Å². The van der Waals surface area contributed by atoms with Gasteiger partial charge in [-0.05, 0) is 18.8 Å². The molecule has 4 N–H and O–H groups in total. The second-order valence-electron chi connectivity index (χ2n) is 4.03. The fourth-order valence-corrected chi connectivity index (χ4v) is 1.41. The molecule has 0 radical (unpaired) electrons. The number of hydrogen-bond donors (Lipinski definition) is 3. The molecule has 0 heterocycles. The SMILES string of the molecule is CCC(=O)NCCCC(C)CNC(=S)C(N)=S. The first-order valence-corrected chi connectivity index (χ1v) is 6.63. The fraction of sp³-hybridized carbons (Fsp3) is 0.727. The summed E-state index contributed by atoms with van der Waals surface area (Å²) in [5.74, 6) is 0.575. The number of amides is 1. The van der Waals surface area contributed by atoms with Gasteiger partial charge in [0.1, 0.15) is 9.98 Å². The number of nitrogens with one attached hydrogen (secondary N) is 2. The first kappa shape index (κ1) is 16.2. The van der Waals surface area contributed by atoms with Crippen molar-refractivity contribution in [3.8, 4) is 0 Å². The van der Waals surface area contributed by atoms with Gasteiger partial charge in [-0.2, -0.15) is 0 Å². The number of carbonyl (C=O) groups is 1. The van der Waals surface area contributed by atoms with Crippen LogP contribution in [0.4, 0.5) is 0 Å². The molecule has 0 saturated carbocycles. The molecule has 17 heavy (non-hydrogen) atoms. The predicted octanol–water partition coefficient (Wildman–Crippen LogP) is 1.13. The molecule has 0 aliphatic heterocycles. The Bertz CT molecular complexity index is 282. The molecule has 1 atom stereocenters. The highest BCUT2D eigenvalue weighted by Crippen LogP contribution is 2.03. The van der Waals surface area contributed by atoms with Gasteiger partial charge in [-0.1, -0.05) is 38.3 Å². The van der Waals surface area contributed by atoms with Crippen LogP contribution >= 0.6 is 24.4 Å². The largest absolute Gasteiger partial charge is 0.388 e. The zero-order valence-electron chi connectivity index (χ0n) is 10.4. The molecule has 1 amide bonds. The van der Waals surface area contributed by atoms with E-state index in [1.54, 1.807) is 0 Å². The van der Waals surface area contributed by atoms with Crippen molar-refractivity contribution in [1.82, 2.24) is 10.6 Å². The lowest BCUT2D eigenvalue weighted by Crippen LogP contribution is -2.35. The summed E-state index contributed by atoms with van der Waals surface area (Å²) in [5.41, 5.74) is 5.37. The smallest absolute Gasteiger partial charge is 0.219 e. The van der Waals surface area contributed by atoms with Gasteiger partial charge in [0.25, 0.3) is 0 Å². The molecule has 6 heteroatoms. The van der Waals surface area contributed by atoms with Crippen molar-refractivity contribution in [3.63, 3.8) is 0 Å². The standard InChI is InChI=1S/C11H21N3OS2/c1-3-9(15)13-6-4-5-8(2)7-14-11(17)10(12)16/h8H,3-7H2,1-2H3,(H2,12,16)(H,13,15)(H,14,17). The summed E-state index contributed by atoms with van der Waals surface area (Å²) in [6, 6.07) is 0. The van der Waals surface area contributed by atoms with Crippen LogP contribution < -0.4 is 16.4 Å². The van der Waals surface area contributed by atoms with Crippen molar-refractivity contribution in [2.45, 2.75) is 33.1 Å². The van der Waals surface area contributed by atoms with Crippen LogP contribution in [-0.4, -0.2) is 29.0 Å². The van der Waals surface area contributed by atoms with Crippen molar-refractivity contribution < 1.29 is 4.79 Å². The van der Waals surface area contributed by atoms with Crippen molar-refractivity contribution in [3.05, 3.63) is 0 Å². The summed E-state index contributed by atoms with van der Waals surface area (Å²) >= 11 is 9.69. The molecule has 0 saturated heterocycles. The van der Waals surface area contributed by atoms with E-state index in [9.17, 15) is 4.79 Å². The Balaban J connectivity index is 3.53. The molecule has 0 rings (SSSR count). The van der Waals surface area contributed by atoms with E-state index in [-0.39, 0.29) is 10.9 Å². The number of thiocarbonyl (C=S) groups is 2. The maximum Gasteiger partial charge on any atom is 0.219 e. The molecule has 0 aromatic heterocycles. The Labute approximate surface area is 114 Å². The molecule has 0 bridgehead atoms. The summed E-state index contributed by atoms with van der Waals surface area (Å²) in [6.45, 7) is 5.46. The predicted molar refractivity (Wildman–Crippen MR) is 79.1 cm³/mol. The molecule has 0 aliphatic rings. The minimum Gasteiger partial charge on any atom is -0.388 e. The van der Waals surface area contributed by atoms with E-state index in [2.05, 4.69) is 17.6 Å². The third-order valence-corrected chi connectivity index (χ3v) is 3.05. The minimum atomic E-state index is 0.102. The topological polar surface area (TPSA) is 67.2 Å². The van der Waals surface area contributed by atoms with Crippen LogP contribution in [0.2, 0.25) is 0 Å². The van der Waals surface area contributed by atoms with Crippen molar-refractivity contribution >= 4 is 40.3 Å². The van der Waals surface area contributed by atoms with E-state index >= 15 is 0 Å².